The van der Waals surface area contributed by atoms with Crippen molar-refractivity contribution in [3.05, 3.63) is 35.4 Å². The molecule has 0 radical (unpaired) electrons. The molecule has 0 aromatic heterocycles. The molecule has 0 spiro atoms. The number of piperazine rings is 1. The number of benzene rings is 1. The van der Waals surface area contributed by atoms with Gasteiger partial charge in [0.05, 0.1) is 11.6 Å². The van der Waals surface area contributed by atoms with Crippen LogP contribution in [0.25, 0.3) is 0 Å². The van der Waals surface area contributed by atoms with Gasteiger partial charge in [-0.05, 0) is 11.6 Å². The zero-order valence-corrected chi connectivity index (χ0v) is 13.5. The van der Waals surface area contributed by atoms with E-state index in [4.69, 9.17) is 0 Å². The largest absolute Gasteiger partial charge is 0.396 e. The number of nitriles is 1. The monoisotopic (exact) mass is 309 g/mol. The molecular formula is C16H24ClN3O. The normalized spacial score (nSPS) is 17.6. The van der Waals surface area contributed by atoms with Gasteiger partial charge in [-0.15, -0.1) is 12.4 Å². The maximum absolute atomic E-state index is 9.79. The molecule has 1 aromatic rings. The predicted octanol–water partition coefficient (Wildman–Crippen LogP) is 1.94. The summed E-state index contributed by atoms with van der Waals surface area (Å²) in [6, 6.07) is 10.1. The molecule has 0 saturated carbocycles. The topological polar surface area (TPSA) is 59.3 Å². The summed E-state index contributed by atoms with van der Waals surface area (Å²) in [6.07, 6.45) is 0. The second kappa shape index (κ2) is 7.77. The molecule has 1 fully saturated rings. The highest BCUT2D eigenvalue weighted by atomic mass is 35.5. The van der Waals surface area contributed by atoms with Crippen LogP contribution in [-0.2, 0) is 0 Å². The molecule has 5 heteroatoms. The van der Waals surface area contributed by atoms with Crippen molar-refractivity contribution in [3.8, 4) is 6.07 Å². The van der Waals surface area contributed by atoms with Gasteiger partial charge in [-0.3, -0.25) is 4.90 Å². The zero-order valence-electron chi connectivity index (χ0n) is 12.7. The molecular weight excluding hydrogens is 286 g/mol. The summed E-state index contributed by atoms with van der Waals surface area (Å²) < 4.78 is 0. The van der Waals surface area contributed by atoms with Gasteiger partial charge in [0.25, 0.3) is 0 Å². The van der Waals surface area contributed by atoms with Gasteiger partial charge >= 0.3 is 0 Å². The van der Waals surface area contributed by atoms with E-state index in [-0.39, 0.29) is 30.5 Å². The highest BCUT2D eigenvalue weighted by Crippen LogP contribution is 2.39. The minimum absolute atomic E-state index is 0. The van der Waals surface area contributed by atoms with Crippen LogP contribution < -0.4 is 5.32 Å². The van der Waals surface area contributed by atoms with Gasteiger partial charge in [-0.25, -0.2) is 0 Å². The highest BCUT2D eigenvalue weighted by molar-refractivity contribution is 5.85. The van der Waals surface area contributed by atoms with E-state index in [9.17, 15) is 10.4 Å². The van der Waals surface area contributed by atoms with Crippen LogP contribution in [0.1, 0.15) is 31.0 Å². The molecule has 21 heavy (non-hydrogen) atoms. The summed E-state index contributed by atoms with van der Waals surface area (Å²) in [5.74, 6) is 0. The van der Waals surface area contributed by atoms with Gasteiger partial charge < -0.3 is 10.4 Å². The Balaban J connectivity index is 0.00000220. The van der Waals surface area contributed by atoms with Crippen molar-refractivity contribution in [2.24, 2.45) is 5.41 Å². The Labute approximate surface area is 133 Å². The second-order valence-corrected chi connectivity index (χ2v) is 6.03. The van der Waals surface area contributed by atoms with Crippen molar-refractivity contribution >= 4 is 12.4 Å². The maximum Gasteiger partial charge on any atom is 0.0995 e. The molecule has 0 unspecified atom stereocenters. The third kappa shape index (κ3) is 3.96. The van der Waals surface area contributed by atoms with Gasteiger partial charge in [0.15, 0.2) is 0 Å². The van der Waals surface area contributed by atoms with Crippen LogP contribution in [0.4, 0.5) is 0 Å². The highest BCUT2D eigenvalue weighted by Gasteiger charge is 2.36. The SMILES string of the molecule is CC(C)(CO)[C@H](c1ccccc1C#N)N1CCNCC1.Cl. The van der Waals surface area contributed by atoms with Crippen molar-refractivity contribution < 1.29 is 5.11 Å². The number of nitrogens with one attached hydrogen (secondary N) is 1. The van der Waals surface area contributed by atoms with Crippen molar-refractivity contribution in [1.82, 2.24) is 10.2 Å². The molecule has 1 aromatic carbocycles. The summed E-state index contributed by atoms with van der Waals surface area (Å²) >= 11 is 0. The van der Waals surface area contributed by atoms with Crippen molar-refractivity contribution in [2.75, 3.05) is 32.8 Å². The molecule has 2 rings (SSSR count). The van der Waals surface area contributed by atoms with Crippen LogP contribution in [0.5, 0.6) is 0 Å². The third-order valence-electron chi connectivity index (χ3n) is 4.04. The van der Waals surface area contributed by atoms with Gasteiger partial charge in [0.1, 0.15) is 0 Å². The fourth-order valence-electron chi connectivity index (χ4n) is 2.98. The second-order valence-electron chi connectivity index (χ2n) is 6.03. The van der Waals surface area contributed by atoms with E-state index < -0.39 is 0 Å². The lowest BCUT2D eigenvalue weighted by atomic mass is 9.78. The van der Waals surface area contributed by atoms with Crippen LogP contribution in [0.2, 0.25) is 0 Å². The Bertz CT molecular complexity index is 493. The Morgan fingerprint density at radius 2 is 1.95 bits per heavy atom. The van der Waals surface area contributed by atoms with E-state index in [0.717, 1.165) is 31.7 Å². The minimum Gasteiger partial charge on any atom is -0.396 e. The Morgan fingerprint density at radius 1 is 1.33 bits per heavy atom. The molecule has 1 aliphatic rings. The first kappa shape index (κ1) is 17.9. The minimum atomic E-state index is -0.287. The summed E-state index contributed by atoms with van der Waals surface area (Å²) in [4.78, 5) is 2.38. The third-order valence-corrected chi connectivity index (χ3v) is 4.04. The number of hydrogen-bond acceptors (Lipinski definition) is 4. The Morgan fingerprint density at radius 3 is 2.52 bits per heavy atom. The van der Waals surface area contributed by atoms with E-state index in [1.54, 1.807) is 0 Å². The van der Waals surface area contributed by atoms with E-state index in [0.29, 0.717) is 5.56 Å². The lowest BCUT2D eigenvalue weighted by Gasteiger charge is -2.43. The molecule has 4 nitrogen and oxygen atoms in total. The molecule has 1 aliphatic heterocycles. The van der Waals surface area contributed by atoms with Crippen LogP contribution >= 0.6 is 12.4 Å². The molecule has 1 heterocycles. The van der Waals surface area contributed by atoms with Crippen LogP contribution in [0.15, 0.2) is 24.3 Å². The Hall–Kier alpha value is -1.12. The molecule has 0 bridgehead atoms. The van der Waals surface area contributed by atoms with Gasteiger partial charge in [-0.1, -0.05) is 32.0 Å². The van der Waals surface area contributed by atoms with Crippen molar-refractivity contribution in [3.63, 3.8) is 0 Å². The summed E-state index contributed by atoms with van der Waals surface area (Å²) in [6.45, 7) is 8.00. The standard InChI is InChI=1S/C16H23N3O.ClH/c1-16(2,12-20)15(19-9-7-18-8-10-19)14-6-4-3-5-13(14)11-17;/h3-6,15,18,20H,7-10,12H2,1-2H3;1H/t15-;/m0./s1. The lowest BCUT2D eigenvalue weighted by molar-refractivity contribution is 0.0304. The van der Waals surface area contributed by atoms with Gasteiger partial charge in [-0.2, -0.15) is 5.26 Å². The number of rotatable bonds is 4. The first-order valence-corrected chi connectivity index (χ1v) is 7.15. The zero-order chi connectivity index (χ0) is 14.6. The van der Waals surface area contributed by atoms with Crippen molar-refractivity contribution in [1.29, 1.82) is 5.26 Å². The van der Waals surface area contributed by atoms with Crippen LogP contribution in [0, 0.1) is 16.7 Å². The molecule has 1 atom stereocenters. The van der Waals surface area contributed by atoms with Crippen LogP contribution in [-0.4, -0.2) is 42.8 Å². The number of aliphatic hydroxyl groups excluding tert-OH is 1. The summed E-state index contributed by atoms with van der Waals surface area (Å²) in [5.41, 5.74) is 1.44. The van der Waals surface area contributed by atoms with Crippen molar-refractivity contribution in [2.45, 2.75) is 19.9 Å². The van der Waals surface area contributed by atoms with Gasteiger partial charge in [0.2, 0.25) is 0 Å². The number of nitrogens with zero attached hydrogens (tertiary/aromatic N) is 2. The quantitative estimate of drug-likeness (QED) is 0.892. The number of aliphatic hydroxyl groups is 1. The molecule has 116 valence electrons. The average Bonchev–Trinajstić information content (AvgIpc) is 2.49. The summed E-state index contributed by atoms with van der Waals surface area (Å²) in [7, 11) is 0. The summed E-state index contributed by atoms with van der Waals surface area (Å²) in [5, 5.41) is 22.5. The first-order valence-electron chi connectivity index (χ1n) is 7.15. The predicted molar refractivity (Wildman–Crippen MR) is 86.5 cm³/mol. The first-order chi connectivity index (χ1) is 9.60. The molecule has 2 N–H and O–H groups in total. The maximum atomic E-state index is 9.79. The van der Waals surface area contributed by atoms with E-state index >= 15 is 0 Å². The van der Waals surface area contributed by atoms with E-state index in [1.165, 1.54) is 0 Å². The van der Waals surface area contributed by atoms with Crippen LogP contribution in [0.3, 0.4) is 0 Å². The average molecular weight is 310 g/mol. The van der Waals surface area contributed by atoms with Gasteiger partial charge in [0, 0.05) is 44.2 Å². The smallest absolute Gasteiger partial charge is 0.0995 e. The fraction of sp³-hybridized carbons (Fsp3) is 0.562. The lowest BCUT2D eigenvalue weighted by Crippen LogP contribution is -2.49. The van der Waals surface area contributed by atoms with E-state index in [1.807, 2.05) is 24.3 Å². The van der Waals surface area contributed by atoms with E-state index in [2.05, 4.69) is 30.1 Å². The molecule has 1 saturated heterocycles. The number of halogens is 1. The fourth-order valence-corrected chi connectivity index (χ4v) is 2.98. The Kier molecular flexibility index (Phi) is 6.63. The molecule has 0 aliphatic carbocycles. The number of hydrogen-bond donors (Lipinski definition) is 2. The molecule has 0 amide bonds.